The molecule has 1 aliphatic rings. The van der Waals surface area contributed by atoms with Gasteiger partial charge >= 0.3 is 0 Å². The van der Waals surface area contributed by atoms with Gasteiger partial charge in [-0.15, -0.1) is 0 Å². The first-order valence-corrected chi connectivity index (χ1v) is 10.2. The molecule has 3 aromatic heterocycles. The fraction of sp³-hybridized carbons (Fsp3) is 0.409. The summed E-state index contributed by atoms with van der Waals surface area (Å²) in [6.07, 6.45) is 5.33. The highest BCUT2D eigenvalue weighted by atomic mass is 16.1. The molecule has 29 heavy (non-hydrogen) atoms. The number of carbonyl (C=O) groups excluding carboxylic acids is 1. The van der Waals surface area contributed by atoms with E-state index in [2.05, 4.69) is 55.5 Å². The summed E-state index contributed by atoms with van der Waals surface area (Å²) in [5, 5.41) is 2.93. The van der Waals surface area contributed by atoms with Crippen LogP contribution in [0.4, 0.5) is 5.82 Å². The standard InChI is InChI=1S/C22H28N6O/c1-16(2)26-8-10-27(11-9-26)21-7-6-20-5-4-18(15-28(20)21)22(29)25-14-19-13-23-17(3)12-24-19/h4-7,12-13,15-16H,8-11,14H2,1-3H3,(H,25,29). The number of hydrogen-bond acceptors (Lipinski definition) is 5. The summed E-state index contributed by atoms with van der Waals surface area (Å²) in [6, 6.07) is 8.69. The van der Waals surface area contributed by atoms with Crippen molar-refractivity contribution < 1.29 is 4.79 Å². The van der Waals surface area contributed by atoms with Gasteiger partial charge in [0.2, 0.25) is 0 Å². The van der Waals surface area contributed by atoms with Crippen LogP contribution in [-0.4, -0.2) is 57.4 Å². The van der Waals surface area contributed by atoms with Crippen LogP contribution in [0.1, 0.15) is 35.6 Å². The molecule has 0 unspecified atom stereocenters. The van der Waals surface area contributed by atoms with Gasteiger partial charge in [-0.05, 0) is 45.0 Å². The number of pyridine rings is 1. The van der Waals surface area contributed by atoms with Gasteiger partial charge < -0.3 is 14.6 Å². The first-order valence-electron chi connectivity index (χ1n) is 10.2. The fourth-order valence-electron chi connectivity index (χ4n) is 3.73. The number of aromatic nitrogens is 3. The SMILES string of the molecule is Cc1cnc(CNC(=O)c2ccc3ccc(N4CCN(C(C)C)CC4)n3c2)cn1. The molecule has 0 radical (unpaired) electrons. The van der Waals surface area contributed by atoms with Gasteiger partial charge in [0.25, 0.3) is 5.91 Å². The van der Waals surface area contributed by atoms with E-state index in [0.29, 0.717) is 18.2 Å². The van der Waals surface area contributed by atoms with Crippen LogP contribution >= 0.6 is 0 Å². The molecule has 7 heteroatoms. The normalized spacial score (nSPS) is 15.2. The lowest BCUT2D eigenvalue weighted by atomic mass is 10.2. The van der Waals surface area contributed by atoms with Crippen molar-refractivity contribution in [1.29, 1.82) is 0 Å². The highest BCUT2D eigenvalue weighted by molar-refractivity contribution is 5.94. The second-order valence-electron chi connectivity index (χ2n) is 7.85. The average Bonchev–Trinajstić information content (AvgIpc) is 3.16. The smallest absolute Gasteiger partial charge is 0.253 e. The number of nitrogens with one attached hydrogen (secondary N) is 1. The van der Waals surface area contributed by atoms with Crippen LogP contribution < -0.4 is 10.2 Å². The zero-order valence-electron chi connectivity index (χ0n) is 17.3. The van der Waals surface area contributed by atoms with Crippen LogP contribution in [0.2, 0.25) is 0 Å². The van der Waals surface area contributed by atoms with Crippen molar-refractivity contribution in [3.8, 4) is 0 Å². The van der Waals surface area contributed by atoms with E-state index in [1.165, 1.54) is 0 Å². The predicted octanol–water partition coefficient (Wildman–Crippen LogP) is 2.50. The number of carbonyl (C=O) groups is 1. The van der Waals surface area contributed by atoms with Crippen LogP contribution in [0.3, 0.4) is 0 Å². The maximum absolute atomic E-state index is 12.7. The molecule has 0 saturated carbocycles. The predicted molar refractivity (Wildman–Crippen MR) is 114 cm³/mol. The molecule has 0 atom stereocenters. The monoisotopic (exact) mass is 392 g/mol. The molecule has 1 fully saturated rings. The van der Waals surface area contributed by atoms with E-state index < -0.39 is 0 Å². The van der Waals surface area contributed by atoms with Gasteiger partial charge in [-0.1, -0.05) is 0 Å². The minimum Gasteiger partial charge on any atom is -0.355 e. The van der Waals surface area contributed by atoms with Crippen LogP contribution in [0.5, 0.6) is 0 Å². The Hall–Kier alpha value is -2.93. The molecular formula is C22H28N6O. The first kappa shape index (κ1) is 19.4. The van der Waals surface area contributed by atoms with Crippen molar-refractivity contribution in [2.45, 2.75) is 33.4 Å². The number of nitrogens with zero attached hydrogens (tertiary/aromatic N) is 5. The Morgan fingerprint density at radius 3 is 2.52 bits per heavy atom. The second kappa shape index (κ2) is 8.21. The minimum absolute atomic E-state index is 0.112. The third-order valence-electron chi connectivity index (χ3n) is 5.53. The quantitative estimate of drug-likeness (QED) is 0.723. The minimum atomic E-state index is -0.112. The van der Waals surface area contributed by atoms with Gasteiger partial charge in [0.15, 0.2) is 0 Å². The molecule has 0 bridgehead atoms. The highest BCUT2D eigenvalue weighted by Crippen LogP contribution is 2.22. The summed E-state index contributed by atoms with van der Waals surface area (Å²) in [5.41, 5.74) is 3.33. The largest absolute Gasteiger partial charge is 0.355 e. The Kier molecular flexibility index (Phi) is 5.49. The van der Waals surface area contributed by atoms with Gasteiger partial charge in [-0.25, -0.2) is 0 Å². The Bertz CT molecular complexity index is 986. The number of aryl methyl sites for hydroxylation is 1. The maximum Gasteiger partial charge on any atom is 0.253 e. The van der Waals surface area contributed by atoms with Crippen LogP contribution in [0, 0.1) is 6.92 Å². The van der Waals surface area contributed by atoms with E-state index >= 15 is 0 Å². The molecule has 1 N–H and O–H groups in total. The third-order valence-corrected chi connectivity index (χ3v) is 5.53. The number of anilines is 1. The van der Waals surface area contributed by atoms with E-state index in [-0.39, 0.29) is 5.91 Å². The lowest BCUT2D eigenvalue weighted by molar-refractivity contribution is 0.0950. The van der Waals surface area contributed by atoms with E-state index in [1.807, 2.05) is 25.3 Å². The summed E-state index contributed by atoms with van der Waals surface area (Å²) in [6.45, 7) is 10.8. The van der Waals surface area contributed by atoms with Crippen molar-refractivity contribution in [3.63, 3.8) is 0 Å². The van der Waals surface area contributed by atoms with Gasteiger partial charge in [-0.2, -0.15) is 0 Å². The Balaban J connectivity index is 1.48. The van der Waals surface area contributed by atoms with Crippen molar-refractivity contribution in [2.24, 2.45) is 0 Å². The van der Waals surface area contributed by atoms with Gasteiger partial charge in [-0.3, -0.25) is 19.7 Å². The van der Waals surface area contributed by atoms with Gasteiger partial charge in [0.05, 0.1) is 29.7 Å². The summed E-state index contributed by atoms with van der Waals surface area (Å²) >= 11 is 0. The van der Waals surface area contributed by atoms with E-state index in [4.69, 9.17) is 0 Å². The first-order chi connectivity index (χ1) is 14.0. The van der Waals surface area contributed by atoms with E-state index in [1.54, 1.807) is 12.4 Å². The third kappa shape index (κ3) is 4.24. The van der Waals surface area contributed by atoms with Crippen LogP contribution in [0.15, 0.2) is 42.9 Å². The molecule has 3 aromatic rings. The Labute approximate surface area is 171 Å². The maximum atomic E-state index is 12.7. The lowest BCUT2D eigenvalue weighted by Gasteiger charge is -2.37. The van der Waals surface area contributed by atoms with Gasteiger partial charge in [0, 0.05) is 50.1 Å². The van der Waals surface area contributed by atoms with E-state index in [9.17, 15) is 4.79 Å². The van der Waals surface area contributed by atoms with Crippen molar-refractivity contribution in [2.75, 3.05) is 31.1 Å². The molecule has 0 aromatic carbocycles. The number of amides is 1. The number of fused-ring (bicyclic) bond motifs is 1. The summed E-state index contributed by atoms with van der Waals surface area (Å²) in [4.78, 5) is 26.1. The molecule has 152 valence electrons. The molecule has 0 spiro atoms. The fourth-order valence-corrected chi connectivity index (χ4v) is 3.73. The topological polar surface area (TPSA) is 65.8 Å². The van der Waals surface area contributed by atoms with Crippen molar-refractivity contribution in [1.82, 2.24) is 24.6 Å². The van der Waals surface area contributed by atoms with Crippen molar-refractivity contribution in [3.05, 3.63) is 59.8 Å². The zero-order chi connectivity index (χ0) is 20.4. The second-order valence-corrected chi connectivity index (χ2v) is 7.85. The zero-order valence-corrected chi connectivity index (χ0v) is 17.3. The molecule has 0 aliphatic carbocycles. The molecule has 1 amide bonds. The molecule has 1 saturated heterocycles. The van der Waals surface area contributed by atoms with Crippen LogP contribution in [-0.2, 0) is 6.54 Å². The highest BCUT2D eigenvalue weighted by Gasteiger charge is 2.21. The summed E-state index contributed by atoms with van der Waals surface area (Å²) in [5.74, 6) is 1.03. The Morgan fingerprint density at radius 2 is 1.83 bits per heavy atom. The lowest BCUT2D eigenvalue weighted by Crippen LogP contribution is -2.49. The summed E-state index contributed by atoms with van der Waals surface area (Å²) < 4.78 is 2.12. The summed E-state index contributed by atoms with van der Waals surface area (Å²) in [7, 11) is 0. The van der Waals surface area contributed by atoms with E-state index in [0.717, 1.165) is 48.9 Å². The number of hydrogen-bond donors (Lipinski definition) is 1. The average molecular weight is 393 g/mol. The molecule has 1 aliphatic heterocycles. The molecule has 7 nitrogen and oxygen atoms in total. The number of rotatable bonds is 5. The Morgan fingerprint density at radius 1 is 1.07 bits per heavy atom. The van der Waals surface area contributed by atoms with Crippen LogP contribution in [0.25, 0.3) is 5.52 Å². The van der Waals surface area contributed by atoms with Gasteiger partial charge in [0.1, 0.15) is 5.82 Å². The molecule has 4 rings (SSSR count). The molecule has 4 heterocycles. The molecular weight excluding hydrogens is 364 g/mol. The van der Waals surface area contributed by atoms with Crippen molar-refractivity contribution >= 4 is 17.2 Å². The number of piperazine rings is 1.